The Bertz CT molecular complexity index is 1100. The molecule has 1 atom stereocenters. The average Bonchev–Trinajstić information content (AvgIpc) is 2.62. The lowest BCUT2D eigenvalue weighted by atomic mass is 10.0. The highest BCUT2D eigenvalue weighted by molar-refractivity contribution is 7.91. The zero-order valence-electron chi connectivity index (χ0n) is 15.0. The van der Waals surface area contributed by atoms with Crippen LogP contribution in [0.2, 0.25) is 0 Å². The molecular formula is C18H19F2NO5S2. The van der Waals surface area contributed by atoms with Crippen LogP contribution in [-0.4, -0.2) is 42.0 Å². The second kappa shape index (κ2) is 7.76. The van der Waals surface area contributed by atoms with Gasteiger partial charge in [-0.05, 0) is 42.3 Å². The second-order valence-corrected chi connectivity index (χ2v) is 10.6. The van der Waals surface area contributed by atoms with E-state index in [2.05, 4.69) is 5.32 Å². The van der Waals surface area contributed by atoms with Gasteiger partial charge >= 0.3 is 0 Å². The van der Waals surface area contributed by atoms with Gasteiger partial charge in [-0.15, -0.1) is 0 Å². The van der Waals surface area contributed by atoms with Gasteiger partial charge in [-0.1, -0.05) is 0 Å². The molecule has 1 aliphatic heterocycles. The summed E-state index contributed by atoms with van der Waals surface area (Å²) in [5, 5.41) is 3.10. The standard InChI is InChI=1S/C18H19F2NO5S2/c1-27(22,23)13-3-5-18-14(11-13)16(6-9-28(18,24)25)21-7-8-26-17-10-12(19)2-4-15(17)20/h2-5,10-11,16,21H,6-9H2,1H3. The first-order valence-electron chi connectivity index (χ1n) is 8.46. The van der Waals surface area contributed by atoms with E-state index in [9.17, 15) is 25.6 Å². The summed E-state index contributed by atoms with van der Waals surface area (Å²) in [6.07, 6.45) is 1.31. The van der Waals surface area contributed by atoms with Crippen molar-refractivity contribution in [3.63, 3.8) is 0 Å². The van der Waals surface area contributed by atoms with Crippen molar-refractivity contribution in [3.05, 3.63) is 53.6 Å². The summed E-state index contributed by atoms with van der Waals surface area (Å²) >= 11 is 0. The maximum atomic E-state index is 13.6. The fourth-order valence-electron chi connectivity index (χ4n) is 3.05. The number of halogens is 2. The summed E-state index contributed by atoms with van der Waals surface area (Å²) in [5.74, 6) is -1.60. The van der Waals surface area contributed by atoms with E-state index < -0.39 is 37.4 Å². The van der Waals surface area contributed by atoms with Gasteiger partial charge in [0.15, 0.2) is 31.2 Å². The van der Waals surface area contributed by atoms with Crippen LogP contribution in [-0.2, 0) is 19.7 Å². The lowest BCUT2D eigenvalue weighted by molar-refractivity contribution is 0.288. The topological polar surface area (TPSA) is 89.5 Å². The minimum atomic E-state index is -3.49. The number of hydrogen-bond acceptors (Lipinski definition) is 6. The fraction of sp³-hybridized carbons (Fsp3) is 0.333. The molecule has 0 amide bonds. The Labute approximate surface area is 162 Å². The highest BCUT2D eigenvalue weighted by Crippen LogP contribution is 2.33. The number of sulfone groups is 2. The van der Waals surface area contributed by atoms with Gasteiger partial charge < -0.3 is 10.1 Å². The Morgan fingerprint density at radius 1 is 1.18 bits per heavy atom. The molecule has 1 heterocycles. The van der Waals surface area contributed by atoms with E-state index >= 15 is 0 Å². The quantitative estimate of drug-likeness (QED) is 0.706. The molecule has 1 N–H and O–H groups in total. The predicted molar refractivity (Wildman–Crippen MR) is 98.8 cm³/mol. The van der Waals surface area contributed by atoms with Gasteiger partial charge in [0.1, 0.15) is 12.4 Å². The zero-order chi connectivity index (χ0) is 20.5. The molecule has 0 radical (unpaired) electrons. The summed E-state index contributed by atoms with van der Waals surface area (Å²) in [6, 6.07) is 6.45. The van der Waals surface area contributed by atoms with Gasteiger partial charge in [-0.3, -0.25) is 0 Å². The monoisotopic (exact) mass is 431 g/mol. The lowest BCUT2D eigenvalue weighted by Gasteiger charge is -2.27. The predicted octanol–water partition coefficient (Wildman–Crippen LogP) is 2.26. The molecule has 3 rings (SSSR count). The van der Waals surface area contributed by atoms with Crippen LogP contribution in [0.15, 0.2) is 46.2 Å². The van der Waals surface area contributed by atoms with E-state index in [0.717, 1.165) is 24.5 Å². The molecule has 28 heavy (non-hydrogen) atoms. The van der Waals surface area contributed by atoms with Gasteiger partial charge in [0.25, 0.3) is 0 Å². The number of benzene rings is 2. The van der Waals surface area contributed by atoms with E-state index in [-0.39, 0.29) is 40.9 Å². The normalized spacial score (nSPS) is 18.5. The first-order chi connectivity index (χ1) is 13.1. The summed E-state index contributed by atoms with van der Waals surface area (Å²) in [6.45, 7) is 0.244. The summed E-state index contributed by atoms with van der Waals surface area (Å²) in [7, 11) is -6.97. The lowest BCUT2D eigenvalue weighted by Crippen LogP contribution is -2.32. The number of hydrogen-bond donors (Lipinski definition) is 1. The highest BCUT2D eigenvalue weighted by Gasteiger charge is 2.31. The van der Waals surface area contributed by atoms with Crippen molar-refractivity contribution in [2.45, 2.75) is 22.3 Å². The molecule has 0 fully saturated rings. The fourth-order valence-corrected chi connectivity index (χ4v) is 5.30. The molecule has 1 unspecified atom stereocenters. The third-order valence-corrected chi connectivity index (χ3v) is 7.36. The smallest absolute Gasteiger partial charge is 0.178 e. The van der Waals surface area contributed by atoms with Gasteiger partial charge in [-0.2, -0.15) is 0 Å². The Balaban J connectivity index is 1.74. The Morgan fingerprint density at radius 3 is 2.64 bits per heavy atom. The first kappa shape index (κ1) is 20.7. The van der Waals surface area contributed by atoms with Gasteiger partial charge in [0.05, 0.1) is 15.5 Å². The van der Waals surface area contributed by atoms with Crippen LogP contribution in [0, 0.1) is 11.6 Å². The van der Waals surface area contributed by atoms with Gasteiger partial charge in [0.2, 0.25) is 0 Å². The SMILES string of the molecule is CS(=O)(=O)c1ccc2c(c1)C(NCCOc1cc(F)ccc1F)CCS2(=O)=O. The van der Waals surface area contributed by atoms with Crippen LogP contribution in [0.1, 0.15) is 18.0 Å². The van der Waals surface area contributed by atoms with E-state index in [1.807, 2.05) is 0 Å². The van der Waals surface area contributed by atoms with E-state index in [0.29, 0.717) is 5.56 Å². The van der Waals surface area contributed by atoms with Crippen molar-refractivity contribution in [2.24, 2.45) is 0 Å². The maximum absolute atomic E-state index is 13.6. The van der Waals surface area contributed by atoms with Crippen LogP contribution in [0.4, 0.5) is 8.78 Å². The molecule has 6 nitrogen and oxygen atoms in total. The molecule has 1 aliphatic rings. The molecule has 0 aliphatic carbocycles. The van der Waals surface area contributed by atoms with Crippen LogP contribution >= 0.6 is 0 Å². The highest BCUT2D eigenvalue weighted by atomic mass is 32.2. The van der Waals surface area contributed by atoms with Crippen molar-refractivity contribution >= 4 is 19.7 Å². The molecular weight excluding hydrogens is 412 g/mol. The Morgan fingerprint density at radius 2 is 1.93 bits per heavy atom. The van der Waals surface area contributed by atoms with Crippen molar-refractivity contribution in [1.82, 2.24) is 5.32 Å². The van der Waals surface area contributed by atoms with Crippen molar-refractivity contribution in [2.75, 3.05) is 25.2 Å². The molecule has 10 heteroatoms. The molecule has 2 aromatic rings. The van der Waals surface area contributed by atoms with Gasteiger partial charge in [-0.25, -0.2) is 25.6 Å². The first-order valence-corrected chi connectivity index (χ1v) is 12.0. The number of rotatable bonds is 6. The number of nitrogens with one attached hydrogen (secondary N) is 1. The molecule has 152 valence electrons. The van der Waals surface area contributed by atoms with E-state index in [1.165, 1.54) is 18.2 Å². The Hall–Kier alpha value is -2.04. The molecule has 0 aromatic heterocycles. The molecule has 0 spiro atoms. The molecule has 0 saturated carbocycles. The van der Waals surface area contributed by atoms with Crippen LogP contribution in [0.3, 0.4) is 0 Å². The van der Waals surface area contributed by atoms with E-state index in [1.54, 1.807) is 0 Å². The summed E-state index contributed by atoms with van der Waals surface area (Å²) in [4.78, 5) is 0.133. The van der Waals surface area contributed by atoms with Gasteiger partial charge in [0, 0.05) is 24.9 Å². The summed E-state index contributed by atoms with van der Waals surface area (Å²) < 4.78 is 80.1. The third-order valence-electron chi connectivity index (χ3n) is 4.44. The Kier molecular flexibility index (Phi) is 5.74. The molecule has 2 aromatic carbocycles. The van der Waals surface area contributed by atoms with Crippen LogP contribution in [0.5, 0.6) is 5.75 Å². The average molecular weight is 431 g/mol. The van der Waals surface area contributed by atoms with Crippen molar-refractivity contribution in [1.29, 1.82) is 0 Å². The van der Waals surface area contributed by atoms with E-state index in [4.69, 9.17) is 4.74 Å². The zero-order valence-corrected chi connectivity index (χ0v) is 16.6. The summed E-state index contributed by atoms with van der Waals surface area (Å²) in [5.41, 5.74) is 0.381. The molecule has 0 bridgehead atoms. The largest absolute Gasteiger partial charge is 0.489 e. The number of ether oxygens (including phenoxy) is 1. The van der Waals surface area contributed by atoms with Crippen molar-refractivity contribution < 1.29 is 30.4 Å². The van der Waals surface area contributed by atoms with Crippen LogP contribution < -0.4 is 10.1 Å². The third kappa shape index (κ3) is 4.50. The maximum Gasteiger partial charge on any atom is 0.178 e. The second-order valence-electron chi connectivity index (χ2n) is 6.51. The minimum absolute atomic E-state index is 0.0186. The number of fused-ring (bicyclic) bond motifs is 1. The molecule has 0 saturated heterocycles. The van der Waals surface area contributed by atoms with Crippen LogP contribution in [0.25, 0.3) is 0 Å². The minimum Gasteiger partial charge on any atom is -0.489 e. The van der Waals surface area contributed by atoms with Crippen molar-refractivity contribution in [3.8, 4) is 5.75 Å².